The van der Waals surface area contributed by atoms with Crippen LogP contribution in [0.25, 0.3) is 6.08 Å². The van der Waals surface area contributed by atoms with Gasteiger partial charge in [-0.1, -0.05) is 29.8 Å². The number of halogens is 1. The zero-order chi connectivity index (χ0) is 20.8. The number of ether oxygens (including phenoxy) is 1. The van der Waals surface area contributed by atoms with E-state index < -0.39 is 10.9 Å². The minimum Gasteiger partial charge on any atom is -0.423 e. The zero-order valence-corrected chi connectivity index (χ0v) is 15.7. The summed E-state index contributed by atoms with van der Waals surface area (Å²) >= 11 is 5.81. The quantitative estimate of drug-likeness (QED) is 0.137. The van der Waals surface area contributed by atoms with E-state index in [0.29, 0.717) is 16.3 Å². The number of nitro groups is 1. The minimum atomic E-state index is -0.624. The first-order chi connectivity index (χ1) is 13.9. The number of non-ortho nitro benzene ring substituents is 1. The molecule has 0 N–H and O–H groups in total. The summed E-state index contributed by atoms with van der Waals surface area (Å²) in [4.78, 5) is 34.3. The van der Waals surface area contributed by atoms with Gasteiger partial charge in [0.15, 0.2) is 5.78 Å². The van der Waals surface area contributed by atoms with Crippen molar-refractivity contribution in [3.63, 3.8) is 0 Å². The lowest BCUT2D eigenvalue weighted by molar-refractivity contribution is -0.384. The van der Waals surface area contributed by atoms with Crippen LogP contribution in [0.1, 0.15) is 26.3 Å². The van der Waals surface area contributed by atoms with E-state index in [1.807, 2.05) is 0 Å². The van der Waals surface area contributed by atoms with E-state index in [0.717, 1.165) is 5.56 Å². The SMILES string of the molecule is O=C(C=Cc1ccc(OC(=O)c2ccc([N+](=O)[O-])cc2)cc1)c1ccc(Cl)cc1. The Morgan fingerprint density at radius 2 is 1.45 bits per heavy atom. The highest BCUT2D eigenvalue weighted by Crippen LogP contribution is 2.18. The molecule has 7 heteroatoms. The van der Waals surface area contributed by atoms with Crippen molar-refractivity contribution in [2.75, 3.05) is 0 Å². The van der Waals surface area contributed by atoms with Crippen molar-refractivity contribution < 1.29 is 19.2 Å². The smallest absolute Gasteiger partial charge is 0.343 e. The average molecular weight is 408 g/mol. The van der Waals surface area contributed by atoms with Crippen molar-refractivity contribution in [1.82, 2.24) is 0 Å². The van der Waals surface area contributed by atoms with Gasteiger partial charge in [0.1, 0.15) is 5.75 Å². The van der Waals surface area contributed by atoms with Crippen molar-refractivity contribution in [3.8, 4) is 5.75 Å². The molecule has 0 amide bonds. The monoisotopic (exact) mass is 407 g/mol. The van der Waals surface area contributed by atoms with Crippen LogP contribution in [0.4, 0.5) is 5.69 Å². The van der Waals surface area contributed by atoms with Crippen LogP contribution in [0.5, 0.6) is 5.75 Å². The molecule has 0 saturated carbocycles. The molecule has 144 valence electrons. The number of carbonyl (C=O) groups is 2. The highest BCUT2D eigenvalue weighted by molar-refractivity contribution is 6.30. The third-order valence-electron chi connectivity index (χ3n) is 3.96. The Balaban J connectivity index is 1.62. The zero-order valence-electron chi connectivity index (χ0n) is 14.9. The van der Waals surface area contributed by atoms with Gasteiger partial charge in [0.05, 0.1) is 10.5 Å². The molecule has 0 unspecified atom stereocenters. The number of rotatable bonds is 6. The topological polar surface area (TPSA) is 86.5 Å². The van der Waals surface area contributed by atoms with Crippen molar-refractivity contribution in [2.24, 2.45) is 0 Å². The predicted molar refractivity (Wildman–Crippen MR) is 109 cm³/mol. The first-order valence-corrected chi connectivity index (χ1v) is 8.85. The number of carbonyl (C=O) groups excluding carboxylic acids is 2. The second-order valence-corrected chi connectivity index (χ2v) is 6.40. The highest BCUT2D eigenvalue weighted by atomic mass is 35.5. The van der Waals surface area contributed by atoms with Gasteiger partial charge in [-0.25, -0.2) is 4.79 Å². The number of benzene rings is 3. The van der Waals surface area contributed by atoms with Crippen molar-refractivity contribution in [2.45, 2.75) is 0 Å². The van der Waals surface area contributed by atoms with Crippen LogP contribution in [-0.4, -0.2) is 16.7 Å². The van der Waals surface area contributed by atoms with Crippen LogP contribution in [0, 0.1) is 10.1 Å². The molecule has 0 heterocycles. The van der Waals surface area contributed by atoms with E-state index in [9.17, 15) is 19.7 Å². The lowest BCUT2D eigenvalue weighted by Gasteiger charge is -2.04. The predicted octanol–water partition coefficient (Wildman–Crippen LogP) is 5.36. The summed E-state index contributed by atoms with van der Waals surface area (Å²) in [6.45, 7) is 0. The van der Waals surface area contributed by atoms with E-state index >= 15 is 0 Å². The third-order valence-corrected chi connectivity index (χ3v) is 4.21. The fourth-order valence-corrected chi connectivity index (χ4v) is 2.54. The molecule has 3 aromatic carbocycles. The molecular formula is C22H14ClNO5. The normalized spacial score (nSPS) is 10.7. The number of esters is 1. The molecular weight excluding hydrogens is 394 g/mol. The first-order valence-electron chi connectivity index (χ1n) is 8.47. The summed E-state index contributed by atoms with van der Waals surface area (Å²) in [7, 11) is 0. The summed E-state index contributed by atoms with van der Waals surface area (Å²) in [5.41, 5.74) is 1.38. The van der Waals surface area contributed by atoms with Gasteiger partial charge in [0, 0.05) is 22.7 Å². The van der Waals surface area contributed by atoms with Gasteiger partial charge < -0.3 is 4.74 Å². The van der Waals surface area contributed by atoms with Gasteiger partial charge in [-0.05, 0) is 60.2 Å². The molecule has 0 aliphatic rings. The van der Waals surface area contributed by atoms with Crippen molar-refractivity contribution in [3.05, 3.63) is 111 Å². The van der Waals surface area contributed by atoms with Crippen LogP contribution in [-0.2, 0) is 0 Å². The summed E-state index contributed by atoms with van der Waals surface area (Å²) in [6, 6.07) is 18.3. The Kier molecular flexibility index (Phi) is 6.16. The maximum Gasteiger partial charge on any atom is 0.343 e. The molecule has 3 rings (SSSR count). The van der Waals surface area contributed by atoms with E-state index in [2.05, 4.69) is 0 Å². The van der Waals surface area contributed by atoms with Crippen LogP contribution in [0.2, 0.25) is 5.02 Å². The molecule has 0 aliphatic carbocycles. The van der Waals surface area contributed by atoms with Gasteiger partial charge >= 0.3 is 5.97 Å². The maximum absolute atomic E-state index is 12.1. The summed E-state index contributed by atoms with van der Waals surface area (Å²) < 4.78 is 5.25. The van der Waals surface area contributed by atoms with Crippen LogP contribution < -0.4 is 4.74 Å². The summed E-state index contributed by atoms with van der Waals surface area (Å²) in [5, 5.41) is 11.2. The lowest BCUT2D eigenvalue weighted by atomic mass is 10.1. The summed E-state index contributed by atoms with van der Waals surface area (Å²) in [6.07, 6.45) is 3.10. The molecule has 6 nitrogen and oxygen atoms in total. The molecule has 3 aromatic rings. The number of nitrogens with zero attached hydrogens (tertiary/aromatic N) is 1. The number of allylic oxidation sites excluding steroid dienone is 1. The third kappa shape index (κ3) is 5.37. The van der Waals surface area contributed by atoms with E-state index in [1.165, 1.54) is 30.3 Å². The van der Waals surface area contributed by atoms with Crippen LogP contribution in [0.3, 0.4) is 0 Å². The Morgan fingerprint density at radius 1 is 0.862 bits per heavy atom. The first kappa shape index (κ1) is 20.0. The van der Waals surface area contributed by atoms with Gasteiger partial charge in [-0.15, -0.1) is 0 Å². The molecule has 0 aromatic heterocycles. The van der Waals surface area contributed by atoms with Crippen molar-refractivity contribution >= 4 is 35.1 Å². The Bertz CT molecular complexity index is 1070. The van der Waals surface area contributed by atoms with Gasteiger partial charge in [0.2, 0.25) is 0 Å². The maximum atomic E-state index is 12.1. The second-order valence-electron chi connectivity index (χ2n) is 5.97. The van der Waals surface area contributed by atoms with E-state index in [-0.39, 0.29) is 17.0 Å². The Hall–Kier alpha value is -3.77. The molecule has 0 saturated heterocycles. The molecule has 0 aliphatic heterocycles. The average Bonchev–Trinajstić information content (AvgIpc) is 2.73. The van der Waals surface area contributed by atoms with Crippen LogP contribution >= 0.6 is 11.6 Å². The molecule has 0 radical (unpaired) electrons. The Labute approximate surface area is 171 Å². The summed E-state index contributed by atoms with van der Waals surface area (Å²) in [5.74, 6) is -0.467. The molecule has 0 spiro atoms. The standard InChI is InChI=1S/C22H14ClNO5/c23-18-8-4-16(5-9-18)21(25)14-3-15-1-12-20(13-2-15)29-22(26)17-6-10-19(11-7-17)24(27)28/h1-14H. The molecule has 0 fully saturated rings. The van der Waals surface area contributed by atoms with Gasteiger partial charge in [0.25, 0.3) is 5.69 Å². The van der Waals surface area contributed by atoms with Crippen molar-refractivity contribution in [1.29, 1.82) is 0 Å². The van der Waals surface area contributed by atoms with E-state index in [1.54, 1.807) is 54.6 Å². The minimum absolute atomic E-state index is 0.106. The number of ketones is 1. The van der Waals surface area contributed by atoms with Crippen LogP contribution in [0.15, 0.2) is 78.9 Å². The fourth-order valence-electron chi connectivity index (χ4n) is 2.41. The highest BCUT2D eigenvalue weighted by Gasteiger charge is 2.11. The number of nitro benzene ring substituents is 1. The van der Waals surface area contributed by atoms with E-state index in [4.69, 9.17) is 16.3 Å². The largest absolute Gasteiger partial charge is 0.423 e. The molecule has 0 atom stereocenters. The van der Waals surface area contributed by atoms with Gasteiger partial charge in [-0.3, -0.25) is 14.9 Å². The lowest BCUT2D eigenvalue weighted by Crippen LogP contribution is -2.08. The number of hydrogen-bond acceptors (Lipinski definition) is 5. The van der Waals surface area contributed by atoms with Gasteiger partial charge in [-0.2, -0.15) is 0 Å². The molecule has 0 bridgehead atoms. The molecule has 29 heavy (non-hydrogen) atoms. The number of hydrogen-bond donors (Lipinski definition) is 0. The fraction of sp³-hybridized carbons (Fsp3) is 0. The Morgan fingerprint density at radius 3 is 2.03 bits per heavy atom. The second kappa shape index (κ2) is 8.95.